The van der Waals surface area contributed by atoms with Crippen molar-refractivity contribution in [3.8, 4) is 0 Å². The molecule has 1 atom stereocenters. The Bertz CT molecular complexity index is 625. The van der Waals surface area contributed by atoms with Gasteiger partial charge in [-0.2, -0.15) is 0 Å². The van der Waals surface area contributed by atoms with Gasteiger partial charge in [-0.15, -0.1) is 0 Å². The number of allylic oxidation sites excluding steroid dienone is 4. The number of nitrogens with zero attached hydrogens (tertiary/aromatic N) is 1. The largest absolute Gasteiger partial charge is 0.444 e. The number of amides is 2. The van der Waals surface area contributed by atoms with E-state index in [1.54, 1.807) is 52.0 Å². The van der Waals surface area contributed by atoms with E-state index < -0.39 is 17.7 Å². The zero-order chi connectivity index (χ0) is 21.0. The lowest BCUT2D eigenvalue weighted by molar-refractivity contribution is -0.122. The van der Waals surface area contributed by atoms with Gasteiger partial charge in [0.15, 0.2) is 0 Å². The van der Waals surface area contributed by atoms with Crippen LogP contribution in [0.4, 0.5) is 4.79 Å². The molecule has 2 N–H and O–H groups in total. The minimum Gasteiger partial charge on any atom is -0.444 e. The first-order valence-corrected chi connectivity index (χ1v) is 8.76. The van der Waals surface area contributed by atoms with Gasteiger partial charge in [-0.25, -0.2) is 4.79 Å². The summed E-state index contributed by atoms with van der Waals surface area (Å²) in [5.41, 5.74) is 0.728. The first kappa shape index (κ1) is 24.4. The molecule has 0 aromatic heterocycles. The molecule has 6 heteroatoms. The quantitative estimate of drug-likeness (QED) is 0.473. The van der Waals surface area contributed by atoms with E-state index in [-0.39, 0.29) is 12.5 Å². The standard InChI is InChI=1S/C21H32N2O4/c1-8-11-12-18(9-2)23(10-3)19(25)14-16(4)13-17(15-24)22-20(26)27-21(5,6)7/h8-12,14,17,24H,1,3,13,15H2,2,4-7H3,(H,22,26)/b12-11-,16-14+,18-9+. The maximum absolute atomic E-state index is 12.5. The summed E-state index contributed by atoms with van der Waals surface area (Å²) >= 11 is 0. The topological polar surface area (TPSA) is 78.9 Å². The van der Waals surface area contributed by atoms with Gasteiger partial charge >= 0.3 is 6.09 Å². The smallest absolute Gasteiger partial charge is 0.407 e. The van der Waals surface area contributed by atoms with Crippen LogP contribution >= 0.6 is 0 Å². The number of rotatable bonds is 9. The van der Waals surface area contributed by atoms with Crippen molar-refractivity contribution in [3.05, 3.63) is 61.0 Å². The Kier molecular flexibility index (Phi) is 10.8. The minimum atomic E-state index is -0.628. The van der Waals surface area contributed by atoms with E-state index in [0.29, 0.717) is 17.7 Å². The molecule has 0 spiro atoms. The van der Waals surface area contributed by atoms with E-state index in [0.717, 1.165) is 0 Å². The highest BCUT2D eigenvalue weighted by Crippen LogP contribution is 2.12. The van der Waals surface area contributed by atoms with Crippen molar-refractivity contribution in [1.29, 1.82) is 0 Å². The molecule has 0 aromatic carbocycles. The van der Waals surface area contributed by atoms with Gasteiger partial charge in [-0.1, -0.05) is 37.0 Å². The molecule has 0 fully saturated rings. The van der Waals surface area contributed by atoms with Gasteiger partial charge in [0.1, 0.15) is 5.60 Å². The Labute approximate surface area is 162 Å². The summed E-state index contributed by atoms with van der Waals surface area (Å²) in [6.07, 6.45) is 9.44. The van der Waals surface area contributed by atoms with E-state index in [9.17, 15) is 14.7 Å². The fourth-order valence-corrected chi connectivity index (χ4v) is 2.17. The molecule has 0 aliphatic heterocycles. The lowest BCUT2D eigenvalue weighted by atomic mass is 10.1. The maximum atomic E-state index is 12.5. The predicted molar refractivity (Wildman–Crippen MR) is 109 cm³/mol. The van der Waals surface area contributed by atoms with Crippen LogP contribution in [0.5, 0.6) is 0 Å². The molecule has 1 unspecified atom stereocenters. The predicted octanol–water partition coefficient (Wildman–Crippen LogP) is 3.83. The van der Waals surface area contributed by atoms with Crippen LogP contribution in [0.1, 0.15) is 41.0 Å². The van der Waals surface area contributed by atoms with Crippen molar-refractivity contribution >= 4 is 12.0 Å². The summed E-state index contributed by atoms with van der Waals surface area (Å²) in [7, 11) is 0. The highest BCUT2D eigenvalue weighted by atomic mass is 16.6. The Balaban J connectivity index is 5.09. The summed E-state index contributed by atoms with van der Waals surface area (Å²) in [5, 5.41) is 12.1. The molecule has 6 nitrogen and oxygen atoms in total. The molecule has 0 saturated carbocycles. The van der Waals surface area contributed by atoms with Crippen LogP contribution in [0.2, 0.25) is 0 Å². The van der Waals surface area contributed by atoms with Gasteiger partial charge < -0.3 is 15.2 Å². The zero-order valence-electron chi connectivity index (χ0n) is 17.0. The monoisotopic (exact) mass is 376 g/mol. The number of carbonyl (C=O) groups excluding carboxylic acids is 2. The Morgan fingerprint density at radius 3 is 2.37 bits per heavy atom. The van der Waals surface area contributed by atoms with Crippen LogP contribution in [-0.4, -0.2) is 40.3 Å². The summed E-state index contributed by atoms with van der Waals surface area (Å²) in [6.45, 7) is 15.9. The Morgan fingerprint density at radius 1 is 1.30 bits per heavy atom. The highest BCUT2D eigenvalue weighted by Gasteiger charge is 2.20. The lowest BCUT2D eigenvalue weighted by Crippen LogP contribution is -2.41. The SMILES string of the molecule is C=C/C=C\C(=C/C)N(C=C)C(=O)/C=C(\C)CC(CO)NC(=O)OC(C)(C)C. The average molecular weight is 376 g/mol. The van der Waals surface area contributed by atoms with Crippen LogP contribution < -0.4 is 5.32 Å². The summed E-state index contributed by atoms with van der Waals surface area (Å²) in [6, 6.07) is -0.553. The fourth-order valence-electron chi connectivity index (χ4n) is 2.17. The van der Waals surface area contributed by atoms with E-state index in [2.05, 4.69) is 18.5 Å². The highest BCUT2D eigenvalue weighted by molar-refractivity contribution is 5.90. The van der Waals surface area contributed by atoms with Crippen molar-refractivity contribution in [2.24, 2.45) is 0 Å². The molecule has 0 aliphatic rings. The number of aliphatic hydroxyl groups excluding tert-OH is 1. The molecule has 0 radical (unpaired) electrons. The third-order valence-corrected chi connectivity index (χ3v) is 3.28. The number of carbonyl (C=O) groups is 2. The molecule has 2 amide bonds. The molecule has 0 rings (SSSR count). The number of nitrogens with one attached hydrogen (secondary N) is 1. The number of aliphatic hydroxyl groups is 1. The summed E-state index contributed by atoms with van der Waals surface area (Å²) < 4.78 is 5.18. The van der Waals surface area contributed by atoms with Crippen molar-refractivity contribution in [3.63, 3.8) is 0 Å². The first-order chi connectivity index (χ1) is 12.6. The second kappa shape index (κ2) is 11.9. The second-order valence-electron chi connectivity index (χ2n) is 6.92. The minimum absolute atomic E-state index is 0.272. The molecular formula is C21H32N2O4. The van der Waals surface area contributed by atoms with Crippen molar-refractivity contribution < 1.29 is 19.4 Å². The molecule has 0 aromatic rings. The number of ether oxygens (including phenoxy) is 1. The van der Waals surface area contributed by atoms with Gasteiger partial charge in [0.2, 0.25) is 0 Å². The first-order valence-electron chi connectivity index (χ1n) is 8.76. The van der Waals surface area contributed by atoms with Crippen LogP contribution in [-0.2, 0) is 9.53 Å². The molecule has 0 bridgehead atoms. The van der Waals surface area contributed by atoms with E-state index in [4.69, 9.17) is 4.74 Å². The average Bonchev–Trinajstić information content (AvgIpc) is 2.55. The van der Waals surface area contributed by atoms with Gasteiger partial charge in [0, 0.05) is 18.0 Å². The van der Waals surface area contributed by atoms with Crippen molar-refractivity contribution in [1.82, 2.24) is 10.2 Å². The molecule has 0 heterocycles. The fraction of sp³-hybridized carbons (Fsp3) is 0.429. The summed E-state index contributed by atoms with van der Waals surface area (Å²) in [4.78, 5) is 25.8. The van der Waals surface area contributed by atoms with Crippen LogP contribution in [0.3, 0.4) is 0 Å². The van der Waals surface area contributed by atoms with Crippen LogP contribution in [0.15, 0.2) is 61.0 Å². The number of alkyl carbamates (subject to hydrolysis) is 1. The van der Waals surface area contributed by atoms with Gasteiger partial charge in [-0.3, -0.25) is 9.69 Å². The number of hydrogen-bond donors (Lipinski definition) is 2. The van der Waals surface area contributed by atoms with E-state index in [1.807, 2.05) is 6.92 Å². The van der Waals surface area contributed by atoms with Gasteiger partial charge in [0.25, 0.3) is 5.91 Å². The van der Waals surface area contributed by atoms with E-state index in [1.165, 1.54) is 17.2 Å². The third kappa shape index (κ3) is 10.2. The second-order valence-corrected chi connectivity index (χ2v) is 6.92. The summed E-state index contributed by atoms with van der Waals surface area (Å²) in [5.74, 6) is -0.279. The van der Waals surface area contributed by atoms with Gasteiger partial charge in [-0.05, 0) is 47.1 Å². The maximum Gasteiger partial charge on any atom is 0.407 e. The number of hydrogen-bond acceptors (Lipinski definition) is 4. The van der Waals surface area contributed by atoms with Gasteiger partial charge in [0.05, 0.1) is 12.6 Å². The molecule has 0 aliphatic carbocycles. The Hall–Kier alpha value is -2.60. The Morgan fingerprint density at radius 2 is 1.93 bits per heavy atom. The van der Waals surface area contributed by atoms with Crippen molar-refractivity contribution in [2.75, 3.05) is 6.61 Å². The third-order valence-electron chi connectivity index (χ3n) is 3.28. The molecular weight excluding hydrogens is 344 g/mol. The van der Waals surface area contributed by atoms with E-state index >= 15 is 0 Å². The molecule has 0 saturated heterocycles. The van der Waals surface area contributed by atoms with Crippen LogP contribution in [0, 0.1) is 0 Å². The van der Waals surface area contributed by atoms with Crippen LogP contribution in [0.25, 0.3) is 0 Å². The van der Waals surface area contributed by atoms with Crippen molar-refractivity contribution in [2.45, 2.75) is 52.7 Å². The molecule has 27 heavy (non-hydrogen) atoms. The zero-order valence-corrected chi connectivity index (χ0v) is 17.0. The molecule has 150 valence electrons. The normalized spacial score (nSPS) is 13.9. The lowest BCUT2D eigenvalue weighted by Gasteiger charge is -2.23.